The average molecular weight is 275 g/mol. The van der Waals surface area contributed by atoms with Gasteiger partial charge in [0.1, 0.15) is 5.82 Å². The summed E-state index contributed by atoms with van der Waals surface area (Å²) in [5.74, 6) is 1.56. The molecule has 0 aliphatic carbocycles. The number of pyridine rings is 1. The monoisotopic (exact) mass is 275 g/mol. The van der Waals surface area contributed by atoms with Gasteiger partial charge in [-0.05, 0) is 50.3 Å². The van der Waals surface area contributed by atoms with Crippen LogP contribution in [-0.2, 0) is 6.54 Å². The SMILES string of the molecule is CC(O)C1CCN(Cc2ccc(N3CCCC3)nc2)C1. The van der Waals surface area contributed by atoms with Crippen LogP contribution in [0.15, 0.2) is 18.3 Å². The van der Waals surface area contributed by atoms with Crippen LogP contribution in [0.5, 0.6) is 0 Å². The van der Waals surface area contributed by atoms with Crippen molar-refractivity contribution in [3.63, 3.8) is 0 Å². The summed E-state index contributed by atoms with van der Waals surface area (Å²) in [5, 5.41) is 9.65. The van der Waals surface area contributed by atoms with Gasteiger partial charge in [-0.2, -0.15) is 0 Å². The molecule has 110 valence electrons. The number of anilines is 1. The van der Waals surface area contributed by atoms with Gasteiger partial charge in [-0.1, -0.05) is 6.07 Å². The lowest BCUT2D eigenvalue weighted by molar-refractivity contribution is 0.127. The van der Waals surface area contributed by atoms with Crippen LogP contribution in [0.25, 0.3) is 0 Å². The number of rotatable bonds is 4. The molecule has 2 aliphatic rings. The van der Waals surface area contributed by atoms with E-state index in [-0.39, 0.29) is 6.10 Å². The third kappa shape index (κ3) is 3.13. The molecule has 2 atom stereocenters. The van der Waals surface area contributed by atoms with Gasteiger partial charge < -0.3 is 10.0 Å². The zero-order chi connectivity index (χ0) is 13.9. The van der Waals surface area contributed by atoms with E-state index < -0.39 is 0 Å². The second kappa shape index (κ2) is 6.10. The highest BCUT2D eigenvalue weighted by Crippen LogP contribution is 2.22. The molecule has 1 aromatic rings. The largest absolute Gasteiger partial charge is 0.393 e. The highest BCUT2D eigenvalue weighted by molar-refractivity contribution is 5.40. The second-order valence-corrected chi connectivity index (χ2v) is 6.24. The van der Waals surface area contributed by atoms with E-state index in [2.05, 4.69) is 26.9 Å². The van der Waals surface area contributed by atoms with Crippen molar-refractivity contribution >= 4 is 5.82 Å². The fraction of sp³-hybridized carbons (Fsp3) is 0.688. The molecule has 3 heterocycles. The lowest BCUT2D eigenvalue weighted by atomic mass is 10.0. The molecule has 2 saturated heterocycles. The fourth-order valence-electron chi connectivity index (χ4n) is 3.30. The Balaban J connectivity index is 1.56. The smallest absolute Gasteiger partial charge is 0.128 e. The first-order chi connectivity index (χ1) is 9.72. The minimum absolute atomic E-state index is 0.185. The number of hydrogen-bond donors (Lipinski definition) is 1. The Morgan fingerprint density at radius 3 is 2.70 bits per heavy atom. The van der Waals surface area contributed by atoms with E-state index in [1.54, 1.807) is 0 Å². The molecule has 20 heavy (non-hydrogen) atoms. The number of nitrogens with zero attached hydrogens (tertiary/aromatic N) is 3. The van der Waals surface area contributed by atoms with Gasteiger partial charge >= 0.3 is 0 Å². The van der Waals surface area contributed by atoms with Crippen molar-refractivity contribution < 1.29 is 5.11 Å². The van der Waals surface area contributed by atoms with Gasteiger partial charge in [0.05, 0.1) is 6.10 Å². The summed E-state index contributed by atoms with van der Waals surface area (Å²) in [6.45, 7) is 7.25. The molecular formula is C16H25N3O. The highest BCUT2D eigenvalue weighted by Gasteiger charge is 2.25. The van der Waals surface area contributed by atoms with Gasteiger partial charge in [-0.15, -0.1) is 0 Å². The maximum absolute atomic E-state index is 9.65. The van der Waals surface area contributed by atoms with E-state index in [0.29, 0.717) is 5.92 Å². The molecule has 0 radical (unpaired) electrons. The summed E-state index contributed by atoms with van der Waals surface area (Å²) in [4.78, 5) is 9.39. The fourth-order valence-corrected chi connectivity index (χ4v) is 3.30. The predicted octanol–water partition coefficient (Wildman–Crippen LogP) is 1.88. The number of aliphatic hydroxyl groups is 1. The summed E-state index contributed by atoms with van der Waals surface area (Å²) in [6.07, 6.45) is 5.52. The quantitative estimate of drug-likeness (QED) is 0.911. The van der Waals surface area contributed by atoms with E-state index in [1.165, 1.54) is 18.4 Å². The van der Waals surface area contributed by atoms with E-state index in [1.807, 2.05) is 13.1 Å². The van der Waals surface area contributed by atoms with E-state index in [9.17, 15) is 5.11 Å². The average Bonchev–Trinajstić information content (AvgIpc) is 3.10. The van der Waals surface area contributed by atoms with Crippen molar-refractivity contribution in [3.8, 4) is 0 Å². The minimum Gasteiger partial charge on any atom is -0.393 e. The van der Waals surface area contributed by atoms with Crippen molar-refractivity contribution in [2.24, 2.45) is 5.92 Å². The Bertz CT molecular complexity index is 426. The second-order valence-electron chi connectivity index (χ2n) is 6.24. The number of aliphatic hydroxyl groups excluding tert-OH is 1. The molecule has 0 saturated carbocycles. The third-order valence-corrected chi connectivity index (χ3v) is 4.64. The van der Waals surface area contributed by atoms with Gasteiger partial charge in [-0.3, -0.25) is 4.90 Å². The Hall–Kier alpha value is -1.13. The van der Waals surface area contributed by atoms with E-state index >= 15 is 0 Å². The molecule has 2 fully saturated rings. The minimum atomic E-state index is -0.185. The highest BCUT2D eigenvalue weighted by atomic mass is 16.3. The molecular weight excluding hydrogens is 250 g/mol. The molecule has 0 spiro atoms. The molecule has 0 aromatic carbocycles. The Kier molecular flexibility index (Phi) is 4.22. The summed E-state index contributed by atoms with van der Waals surface area (Å²) >= 11 is 0. The lowest BCUT2D eigenvalue weighted by Gasteiger charge is -2.19. The van der Waals surface area contributed by atoms with Crippen LogP contribution < -0.4 is 4.90 Å². The maximum Gasteiger partial charge on any atom is 0.128 e. The van der Waals surface area contributed by atoms with Gasteiger partial charge in [-0.25, -0.2) is 4.98 Å². The number of hydrogen-bond acceptors (Lipinski definition) is 4. The summed E-state index contributed by atoms with van der Waals surface area (Å²) in [7, 11) is 0. The zero-order valence-electron chi connectivity index (χ0n) is 12.3. The molecule has 4 heteroatoms. The van der Waals surface area contributed by atoms with E-state index in [4.69, 9.17) is 0 Å². The van der Waals surface area contributed by atoms with Crippen molar-refractivity contribution in [2.45, 2.75) is 38.8 Å². The Morgan fingerprint density at radius 1 is 1.30 bits per heavy atom. The van der Waals surface area contributed by atoms with Crippen LogP contribution in [0.4, 0.5) is 5.82 Å². The summed E-state index contributed by atoms with van der Waals surface area (Å²) in [6, 6.07) is 4.36. The lowest BCUT2D eigenvalue weighted by Crippen LogP contribution is -2.24. The van der Waals surface area contributed by atoms with Gasteiger partial charge in [0.15, 0.2) is 0 Å². The Labute approximate surface area is 121 Å². The third-order valence-electron chi connectivity index (χ3n) is 4.64. The van der Waals surface area contributed by atoms with Crippen LogP contribution in [0.3, 0.4) is 0 Å². The molecule has 4 nitrogen and oxygen atoms in total. The summed E-state index contributed by atoms with van der Waals surface area (Å²) < 4.78 is 0. The van der Waals surface area contributed by atoms with Crippen LogP contribution in [0.1, 0.15) is 31.7 Å². The maximum atomic E-state index is 9.65. The number of aromatic nitrogens is 1. The molecule has 0 bridgehead atoms. The molecule has 0 amide bonds. The molecule has 3 rings (SSSR count). The predicted molar refractivity (Wildman–Crippen MR) is 80.7 cm³/mol. The molecule has 1 N–H and O–H groups in total. The van der Waals surface area contributed by atoms with Crippen LogP contribution in [0.2, 0.25) is 0 Å². The normalized spacial score (nSPS) is 25.3. The van der Waals surface area contributed by atoms with Crippen molar-refractivity contribution in [3.05, 3.63) is 23.9 Å². The summed E-state index contributed by atoms with van der Waals surface area (Å²) in [5.41, 5.74) is 1.28. The first-order valence-electron chi connectivity index (χ1n) is 7.82. The zero-order valence-corrected chi connectivity index (χ0v) is 12.3. The van der Waals surface area contributed by atoms with Crippen LogP contribution in [0, 0.1) is 5.92 Å². The number of likely N-dealkylation sites (tertiary alicyclic amines) is 1. The molecule has 2 unspecified atom stereocenters. The van der Waals surface area contributed by atoms with Crippen LogP contribution >= 0.6 is 0 Å². The van der Waals surface area contributed by atoms with Crippen molar-refractivity contribution in [2.75, 3.05) is 31.1 Å². The van der Waals surface area contributed by atoms with Gasteiger partial charge in [0.25, 0.3) is 0 Å². The molecule has 1 aromatic heterocycles. The van der Waals surface area contributed by atoms with E-state index in [0.717, 1.165) is 45.0 Å². The first kappa shape index (κ1) is 13.8. The molecule has 2 aliphatic heterocycles. The standard InChI is InChI=1S/C16H25N3O/c1-13(20)15-6-9-18(12-15)11-14-4-5-16(17-10-14)19-7-2-3-8-19/h4-5,10,13,15,20H,2-3,6-9,11-12H2,1H3. The van der Waals surface area contributed by atoms with Gasteiger partial charge in [0, 0.05) is 32.4 Å². The van der Waals surface area contributed by atoms with Crippen molar-refractivity contribution in [1.82, 2.24) is 9.88 Å². The topological polar surface area (TPSA) is 39.6 Å². The first-order valence-corrected chi connectivity index (χ1v) is 7.82. The van der Waals surface area contributed by atoms with Gasteiger partial charge in [0.2, 0.25) is 0 Å². The van der Waals surface area contributed by atoms with Crippen LogP contribution in [-0.4, -0.2) is 47.3 Å². The van der Waals surface area contributed by atoms with Crippen molar-refractivity contribution in [1.29, 1.82) is 0 Å². The Morgan fingerprint density at radius 2 is 2.10 bits per heavy atom.